The van der Waals surface area contributed by atoms with Crippen LogP contribution in [0.1, 0.15) is 68.2 Å². The van der Waals surface area contributed by atoms with Crippen molar-refractivity contribution < 1.29 is 4.74 Å². The van der Waals surface area contributed by atoms with E-state index in [1.807, 2.05) is 48.7 Å². The van der Waals surface area contributed by atoms with Gasteiger partial charge in [0.15, 0.2) is 0 Å². The molecule has 0 amide bonds. The molecule has 2 aromatic carbocycles. The van der Waals surface area contributed by atoms with Crippen LogP contribution in [0.4, 0.5) is 0 Å². The molecule has 2 aliphatic carbocycles. The lowest BCUT2D eigenvalue weighted by atomic mass is 9.74. The van der Waals surface area contributed by atoms with Crippen LogP contribution in [0, 0.1) is 29.6 Å². The summed E-state index contributed by atoms with van der Waals surface area (Å²) in [7, 11) is 0. The van der Waals surface area contributed by atoms with Gasteiger partial charge < -0.3 is 10.5 Å². The fraction of sp³-hybridized carbons (Fsp3) is 0.406. The average Bonchev–Trinajstić information content (AvgIpc) is 3.52. The smallest absolute Gasteiger partial charge is 0.122 e. The predicted octanol–water partition coefficient (Wildman–Crippen LogP) is 7.57. The lowest BCUT2D eigenvalue weighted by Crippen LogP contribution is -2.28. The fourth-order valence-electron chi connectivity index (χ4n) is 5.75. The number of halogens is 1. The Morgan fingerprint density at radius 2 is 1.67 bits per heavy atom. The number of nitrogens with two attached hydrogens (primary N) is 1. The van der Waals surface area contributed by atoms with Crippen molar-refractivity contribution in [2.75, 3.05) is 13.2 Å². The Hall–Kier alpha value is -2.80. The van der Waals surface area contributed by atoms with Crippen LogP contribution in [-0.2, 0) is 0 Å². The summed E-state index contributed by atoms with van der Waals surface area (Å²) in [5.74, 6) is 7.38. The highest BCUT2D eigenvalue weighted by molar-refractivity contribution is 6.30. The minimum atomic E-state index is 0.436. The highest BCUT2D eigenvalue weighted by Crippen LogP contribution is 2.58. The van der Waals surface area contributed by atoms with Gasteiger partial charge in [0.2, 0.25) is 0 Å². The first kappa shape index (κ1) is 24.9. The molecule has 2 fully saturated rings. The molecule has 36 heavy (non-hydrogen) atoms. The van der Waals surface area contributed by atoms with E-state index in [0.717, 1.165) is 58.3 Å². The third-order valence-electron chi connectivity index (χ3n) is 8.15. The van der Waals surface area contributed by atoms with Crippen molar-refractivity contribution in [1.29, 1.82) is 0 Å². The van der Waals surface area contributed by atoms with Crippen LogP contribution < -0.4 is 10.5 Å². The number of aromatic nitrogens is 1. The third-order valence-corrected chi connectivity index (χ3v) is 8.40. The van der Waals surface area contributed by atoms with Crippen molar-refractivity contribution >= 4 is 11.6 Å². The highest BCUT2D eigenvalue weighted by Gasteiger charge is 2.48. The number of benzene rings is 2. The Morgan fingerprint density at radius 3 is 2.31 bits per heavy atom. The molecule has 3 nitrogen and oxygen atoms in total. The Labute approximate surface area is 220 Å². The minimum absolute atomic E-state index is 0.436. The molecule has 0 radical (unpaired) electrons. The molecule has 4 heteroatoms. The molecule has 0 bridgehead atoms. The molecule has 1 heterocycles. The monoisotopic (exact) mass is 498 g/mol. The number of aryl methyl sites for hydroxylation is 1. The summed E-state index contributed by atoms with van der Waals surface area (Å²) < 4.78 is 6.27. The van der Waals surface area contributed by atoms with Crippen molar-refractivity contribution in [2.45, 2.75) is 58.3 Å². The van der Waals surface area contributed by atoms with Gasteiger partial charge >= 0.3 is 0 Å². The van der Waals surface area contributed by atoms with Gasteiger partial charge in [-0.1, -0.05) is 48.6 Å². The van der Waals surface area contributed by atoms with Gasteiger partial charge in [-0.25, -0.2) is 4.98 Å². The van der Waals surface area contributed by atoms with Crippen LogP contribution in [-0.4, -0.2) is 18.1 Å². The van der Waals surface area contributed by atoms with E-state index in [9.17, 15) is 0 Å². The van der Waals surface area contributed by atoms with Gasteiger partial charge in [0, 0.05) is 22.3 Å². The number of hydrogen-bond donors (Lipinski definition) is 1. The molecule has 0 aliphatic heterocycles. The van der Waals surface area contributed by atoms with Crippen molar-refractivity contribution in [3.8, 4) is 28.7 Å². The molecule has 2 N–H and O–H groups in total. The zero-order valence-electron chi connectivity index (χ0n) is 21.2. The van der Waals surface area contributed by atoms with E-state index in [1.165, 1.54) is 44.9 Å². The van der Waals surface area contributed by atoms with Gasteiger partial charge in [0.25, 0.3) is 0 Å². The maximum atomic E-state index is 6.27. The van der Waals surface area contributed by atoms with Crippen molar-refractivity contribution in [1.82, 2.24) is 4.98 Å². The van der Waals surface area contributed by atoms with E-state index >= 15 is 0 Å². The van der Waals surface area contributed by atoms with E-state index in [4.69, 9.17) is 22.1 Å². The molecule has 0 unspecified atom stereocenters. The van der Waals surface area contributed by atoms with Gasteiger partial charge in [-0.15, -0.1) is 0 Å². The van der Waals surface area contributed by atoms with E-state index < -0.39 is 0 Å². The number of pyridine rings is 1. The second-order valence-electron chi connectivity index (χ2n) is 10.9. The van der Waals surface area contributed by atoms with Crippen LogP contribution in [0.25, 0.3) is 11.1 Å². The number of rotatable bonds is 8. The quantitative estimate of drug-likeness (QED) is 0.326. The zero-order chi connectivity index (χ0) is 25.0. The van der Waals surface area contributed by atoms with E-state index in [2.05, 4.69) is 35.9 Å². The summed E-state index contributed by atoms with van der Waals surface area (Å²) in [5, 5.41) is 0.729. The first-order chi connectivity index (χ1) is 17.5. The fourth-order valence-corrected chi connectivity index (χ4v) is 5.88. The molecular weight excluding hydrogens is 464 g/mol. The summed E-state index contributed by atoms with van der Waals surface area (Å²) in [6.45, 7) is 3.72. The standard InChI is InChI=1S/C32H35ClN2O/c1-24-20-25(4-11-29-12-8-27(21-35-29)26-6-9-28(33)10-7-26)5-13-30(24)36-19-18-31(14-2-3-15-31)22-32(23-34)16-17-32/h5-10,12-13,20-21H,2-3,14-19,22-23,34H2,1H3. The summed E-state index contributed by atoms with van der Waals surface area (Å²) in [6, 6.07) is 18.0. The maximum absolute atomic E-state index is 6.27. The van der Waals surface area contributed by atoms with E-state index in [1.54, 1.807) is 0 Å². The maximum Gasteiger partial charge on any atom is 0.122 e. The summed E-state index contributed by atoms with van der Waals surface area (Å²) >= 11 is 5.98. The first-order valence-electron chi connectivity index (χ1n) is 13.2. The number of nitrogens with zero attached hydrogens (tertiary/aromatic N) is 1. The second-order valence-corrected chi connectivity index (χ2v) is 11.3. The molecule has 0 spiro atoms. The third kappa shape index (κ3) is 5.94. The van der Waals surface area contributed by atoms with Crippen molar-refractivity contribution in [3.63, 3.8) is 0 Å². The van der Waals surface area contributed by atoms with E-state index in [-0.39, 0.29) is 0 Å². The van der Waals surface area contributed by atoms with Gasteiger partial charge in [0.05, 0.1) is 6.61 Å². The molecule has 0 saturated heterocycles. The SMILES string of the molecule is Cc1cc(C#Cc2ccc(-c3ccc(Cl)cc3)cn2)ccc1OCCC1(CC2(CN)CC2)CCCC1. The van der Waals surface area contributed by atoms with E-state index in [0.29, 0.717) is 10.8 Å². The molecule has 2 aliphatic rings. The Morgan fingerprint density at radius 1 is 0.917 bits per heavy atom. The lowest BCUT2D eigenvalue weighted by Gasteiger charge is -2.33. The second kappa shape index (κ2) is 10.7. The zero-order valence-corrected chi connectivity index (χ0v) is 21.9. The van der Waals surface area contributed by atoms with Crippen LogP contribution >= 0.6 is 11.6 Å². The van der Waals surface area contributed by atoms with Crippen LogP contribution in [0.5, 0.6) is 5.75 Å². The van der Waals surface area contributed by atoms with Crippen LogP contribution in [0.3, 0.4) is 0 Å². The predicted molar refractivity (Wildman–Crippen MR) is 148 cm³/mol. The van der Waals surface area contributed by atoms with Crippen molar-refractivity contribution in [2.24, 2.45) is 16.6 Å². The summed E-state index contributed by atoms with van der Waals surface area (Å²) in [6.07, 6.45) is 12.3. The summed E-state index contributed by atoms with van der Waals surface area (Å²) in [4.78, 5) is 4.51. The van der Waals surface area contributed by atoms with Crippen molar-refractivity contribution in [3.05, 3.63) is 82.6 Å². The first-order valence-corrected chi connectivity index (χ1v) is 13.5. The molecule has 3 aromatic rings. The Kier molecular flexibility index (Phi) is 7.37. The number of hydrogen-bond acceptors (Lipinski definition) is 3. The van der Waals surface area contributed by atoms with Gasteiger partial charge in [-0.2, -0.15) is 0 Å². The van der Waals surface area contributed by atoms with Gasteiger partial charge in [0.1, 0.15) is 11.4 Å². The lowest BCUT2D eigenvalue weighted by molar-refractivity contribution is 0.153. The average molecular weight is 499 g/mol. The van der Waals surface area contributed by atoms with Gasteiger partial charge in [-0.3, -0.25) is 0 Å². The summed E-state index contributed by atoms with van der Waals surface area (Å²) in [5.41, 5.74) is 11.9. The molecule has 0 atom stereocenters. The molecule has 1 aromatic heterocycles. The molecular formula is C32H35ClN2O. The molecule has 5 rings (SSSR count). The molecule has 186 valence electrons. The molecule has 2 saturated carbocycles. The topological polar surface area (TPSA) is 48.1 Å². The largest absolute Gasteiger partial charge is 0.493 e. The number of ether oxygens (including phenoxy) is 1. The van der Waals surface area contributed by atoms with Crippen LogP contribution in [0.15, 0.2) is 60.8 Å². The Balaban J connectivity index is 1.18. The van der Waals surface area contributed by atoms with Crippen LogP contribution in [0.2, 0.25) is 5.02 Å². The highest BCUT2D eigenvalue weighted by atomic mass is 35.5. The Bertz CT molecular complexity index is 1240. The normalized spacial score (nSPS) is 17.3. The minimum Gasteiger partial charge on any atom is -0.493 e. The van der Waals surface area contributed by atoms with Gasteiger partial charge in [-0.05, 0) is 116 Å².